The molecule has 0 saturated carbocycles. The van der Waals surface area contributed by atoms with E-state index in [4.69, 9.17) is 9.47 Å². The largest absolute Gasteiger partial charge is 0.444 e. The summed E-state index contributed by atoms with van der Waals surface area (Å²) in [5, 5.41) is 2.23. The van der Waals surface area contributed by atoms with Crippen LogP contribution in [0.4, 0.5) is 23.7 Å². The normalized spacial score (nSPS) is 12.9. The van der Waals surface area contributed by atoms with Crippen LogP contribution in [0.15, 0.2) is 24.3 Å². The SMILES string of the molecule is COC[C@@H](C)OC(=O)Nc1cccc(C(F)(F)F)c1. The molecule has 0 aromatic heterocycles. The monoisotopic (exact) mass is 277 g/mol. The minimum absolute atomic E-state index is 0.0180. The second-order valence-electron chi connectivity index (χ2n) is 3.87. The van der Waals surface area contributed by atoms with Crippen LogP contribution in [0.5, 0.6) is 0 Å². The molecule has 106 valence electrons. The Hall–Kier alpha value is -1.76. The molecular formula is C12H14F3NO3. The van der Waals surface area contributed by atoms with Gasteiger partial charge in [0.2, 0.25) is 0 Å². The minimum atomic E-state index is -4.45. The molecule has 0 aliphatic carbocycles. The van der Waals surface area contributed by atoms with Crippen molar-refractivity contribution in [1.29, 1.82) is 0 Å². The maximum absolute atomic E-state index is 12.5. The molecule has 1 rings (SSSR count). The first-order valence-electron chi connectivity index (χ1n) is 5.46. The Morgan fingerprint density at radius 3 is 2.68 bits per heavy atom. The number of amides is 1. The van der Waals surface area contributed by atoms with Crippen LogP contribution in [-0.2, 0) is 15.7 Å². The maximum atomic E-state index is 12.5. The van der Waals surface area contributed by atoms with Gasteiger partial charge < -0.3 is 9.47 Å². The van der Waals surface area contributed by atoms with Crippen LogP contribution in [0.1, 0.15) is 12.5 Å². The summed E-state index contributed by atoms with van der Waals surface area (Å²) in [6.07, 6.45) is -5.77. The van der Waals surface area contributed by atoms with Gasteiger partial charge in [0.05, 0.1) is 12.2 Å². The summed E-state index contributed by atoms with van der Waals surface area (Å²) in [4.78, 5) is 11.4. The van der Waals surface area contributed by atoms with Crippen molar-refractivity contribution in [3.8, 4) is 0 Å². The molecule has 1 atom stereocenters. The van der Waals surface area contributed by atoms with E-state index in [9.17, 15) is 18.0 Å². The zero-order valence-corrected chi connectivity index (χ0v) is 10.5. The number of anilines is 1. The Labute approximate surface area is 108 Å². The van der Waals surface area contributed by atoms with Crippen molar-refractivity contribution in [3.05, 3.63) is 29.8 Å². The lowest BCUT2D eigenvalue weighted by Crippen LogP contribution is -2.23. The number of nitrogens with one attached hydrogen (secondary N) is 1. The van der Waals surface area contributed by atoms with Crippen molar-refractivity contribution in [2.45, 2.75) is 19.2 Å². The van der Waals surface area contributed by atoms with Gasteiger partial charge in [0, 0.05) is 12.8 Å². The minimum Gasteiger partial charge on any atom is -0.444 e. The van der Waals surface area contributed by atoms with E-state index in [0.29, 0.717) is 0 Å². The van der Waals surface area contributed by atoms with Gasteiger partial charge in [-0.2, -0.15) is 13.2 Å². The molecule has 7 heteroatoms. The van der Waals surface area contributed by atoms with Gasteiger partial charge in [-0.3, -0.25) is 5.32 Å². The van der Waals surface area contributed by atoms with Crippen LogP contribution in [0.3, 0.4) is 0 Å². The van der Waals surface area contributed by atoms with E-state index in [1.165, 1.54) is 19.2 Å². The highest BCUT2D eigenvalue weighted by molar-refractivity contribution is 5.84. The van der Waals surface area contributed by atoms with Crippen molar-refractivity contribution in [2.24, 2.45) is 0 Å². The van der Waals surface area contributed by atoms with Crippen LogP contribution in [-0.4, -0.2) is 25.9 Å². The quantitative estimate of drug-likeness (QED) is 0.918. The smallest absolute Gasteiger partial charge is 0.416 e. The van der Waals surface area contributed by atoms with Crippen LogP contribution in [0, 0.1) is 0 Å². The molecule has 0 saturated heterocycles. The molecule has 0 radical (unpaired) electrons. The Morgan fingerprint density at radius 1 is 1.42 bits per heavy atom. The molecule has 0 aliphatic rings. The van der Waals surface area contributed by atoms with Crippen molar-refractivity contribution >= 4 is 11.8 Å². The predicted octanol–water partition coefficient (Wildman–Crippen LogP) is 3.29. The van der Waals surface area contributed by atoms with Crippen molar-refractivity contribution in [1.82, 2.24) is 0 Å². The average Bonchev–Trinajstić information content (AvgIpc) is 2.28. The predicted molar refractivity (Wildman–Crippen MR) is 62.9 cm³/mol. The molecule has 19 heavy (non-hydrogen) atoms. The highest BCUT2D eigenvalue weighted by atomic mass is 19.4. The summed E-state index contributed by atoms with van der Waals surface area (Å²) in [6.45, 7) is 1.81. The first-order valence-corrected chi connectivity index (χ1v) is 5.46. The Balaban J connectivity index is 2.65. The maximum Gasteiger partial charge on any atom is 0.416 e. The lowest BCUT2D eigenvalue weighted by molar-refractivity contribution is -0.137. The van der Waals surface area contributed by atoms with E-state index in [1.807, 2.05) is 0 Å². The van der Waals surface area contributed by atoms with E-state index in [1.54, 1.807) is 6.92 Å². The summed E-state index contributed by atoms with van der Waals surface area (Å²) >= 11 is 0. The average molecular weight is 277 g/mol. The van der Waals surface area contributed by atoms with Gasteiger partial charge in [0.25, 0.3) is 0 Å². The lowest BCUT2D eigenvalue weighted by Gasteiger charge is -2.13. The van der Waals surface area contributed by atoms with E-state index in [-0.39, 0.29) is 12.3 Å². The van der Waals surface area contributed by atoms with Gasteiger partial charge in [-0.1, -0.05) is 6.07 Å². The van der Waals surface area contributed by atoms with Crippen molar-refractivity contribution in [2.75, 3.05) is 19.0 Å². The Bertz CT molecular complexity index is 434. The van der Waals surface area contributed by atoms with E-state index < -0.39 is 23.9 Å². The molecule has 0 aliphatic heterocycles. The van der Waals surface area contributed by atoms with Crippen LogP contribution < -0.4 is 5.32 Å². The molecule has 4 nitrogen and oxygen atoms in total. The first-order chi connectivity index (χ1) is 8.82. The number of hydrogen-bond donors (Lipinski definition) is 1. The lowest BCUT2D eigenvalue weighted by atomic mass is 10.2. The fraction of sp³-hybridized carbons (Fsp3) is 0.417. The van der Waals surface area contributed by atoms with Crippen molar-refractivity contribution < 1.29 is 27.4 Å². The third kappa shape index (κ3) is 5.17. The molecule has 0 fully saturated rings. The topological polar surface area (TPSA) is 47.6 Å². The number of ether oxygens (including phenoxy) is 2. The number of rotatable bonds is 4. The van der Waals surface area contributed by atoms with Gasteiger partial charge in [-0.25, -0.2) is 4.79 Å². The highest BCUT2D eigenvalue weighted by Crippen LogP contribution is 2.30. The second kappa shape index (κ2) is 6.42. The van der Waals surface area contributed by atoms with E-state index >= 15 is 0 Å². The van der Waals surface area contributed by atoms with Gasteiger partial charge in [0.15, 0.2) is 0 Å². The number of methoxy groups -OCH3 is 1. The van der Waals surface area contributed by atoms with E-state index in [0.717, 1.165) is 12.1 Å². The number of hydrogen-bond acceptors (Lipinski definition) is 3. The van der Waals surface area contributed by atoms with Crippen LogP contribution in [0.2, 0.25) is 0 Å². The number of benzene rings is 1. The molecular weight excluding hydrogens is 263 g/mol. The molecule has 1 amide bonds. The summed E-state index contributed by atoms with van der Waals surface area (Å²) in [7, 11) is 1.45. The molecule has 1 aromatic carbocycles. The fourth-order valence-corrected chi connectivity index (χ4v) is 1.37. The standard InChI is InChI=1S/C12H14F3NO3/c1-8(7-18-2)19-11(17)16-10-5-3-4-9(6-10)12(13,14)15/h3-6,8H,7H2,1-2H3,(H,16,17)/t8-/m1/s1. The summed E-state index contributed by atoms with van der Waals surface area (Å²) in [5.41, 5.74) is -0.820. The van der Waals surface area contributed by atoms with Gasteiger partial charge in [-0.15, -0.1) is 0 Å². The zero-order valence-electron chi connectivity index (χ0n) is 10.5. The first kappa shape index (κ1) is 15.3. The Kier molecular flexibility index (Phi) is 5.17. The summed E-state index contributed by atoms with van der Waals surface area (Å²) in [6, 6.07) is 4.31. The number of halogens is 3. The fourth-order valence-electron chi connectivity index (χ4n) is 1.37. The van der Waals surface area contributed by atoms with Gasteiger partial charge >= 0.3 is 12.3 Å². The number of carbonyl (C=O) groups is 1. The molecule has 0 unspecified atom stereocenters. The van der Waals surface area contributed by atoms with Crippen LogP contribution in [0.25, 0.3) is 0 Å². The molecule has 0 heterocycles. The zero-order chi connectivity index (χ0) is 14.5. The molecule has 1 N–H and O–H groups in total. The van der Waals surface area contributed by atoms with Gasteiger partial charge in [0.1, 0.15) is 6.10 Å². The summed E-state index contributed by atoms with van der Waals surface area (Å²) in [5.74, 6) is 0. The Morgan fingerprint density at radius 2 is 2.11 bits per heavy atom. The third-order valence-electron chi connectivity index (χ3n) is 2.15. The summed E-state index contributed by atoms with van der Waals surface area (Å²) < 4.78 is 47.0. The molecule has 0 bridgehead atoms. The second-order valence-corrected chi connectivity index (χ2v) is 3.87. The molecule has 0 spiro atoms. The number of carbonyl (C=O) groups excluding carboxylic acids is 1. The number of alkyl halides is 3. The highest BCUT2D eigenvalue weighted by Gasteiger charge is 2.30. The van der Waals surface area contributed by atoms with E-state index in [2.05, 4.69) is 5.32 Å². The van der Waals surface area contributed by atoms with Crippen molar-refractivity contribution in [3.63, 3.8) is 0 Å². The van der Waals surface area contributed by atoms with Gasteiger partial charge in [-0.05, 0) is 25.1 Å². The van der Waals surface area contributed by atoms with Crippen LogP contribution >= 0.6 is 0 Å². The molecule has 1 aromatic rings. The third-order valence-corrected chi connectivity index (χ3v) is 2.15.